The monoisotopic (exact) mass is 211 g/mol. The third-order valence-corrected chi connectivity index (χ3v) is 2.05. The topological polar surface area (TPSA) is 80.3 Å². The van der Waals surface area contributed by atoms with Gasteiger partial charge in [-0.15, -0.1) is 0 Å². The molecule has 0 aliphatic rings. The second-order valence-corrected chi connectivity index (χ2v) is 3.50. The molecule has 1 atom stereocenters. The van der Waals surface area contributed by atoms with Crippen LogP contribution in [0.25, 0.3) is 0 Å². The van der Waals surface area contributed by atoms with E-state index in [4.69, 9.17) is 10.8 Å². The Bertz CT molecular complexity index is 344. The highest BCUT2D eigenvalue weighted by Crippen LogP contribution is 2.10. The van der Waals surface area contributed by atoms with Gasteiger partial charge >= 0.3 is 0 Å². The zero-order chi connectivity index (χ0) is 11.4. The second kappa shape index (κ2) is 4.84. The largest absolute Gasteiger partial charge is 0.397 e. The zero-order valence-corrected chi connectivity index (χ0v) is 9.03. The zero-order valence-electron chi connectivity index (χ0n) is 9.03. The molecule has 0 aliphatic heterocycles. The molecule has 5 heteroatoms. The molecule has 1 rings (SSSR count). The average molecular weight is 211 g/mol. The summed E-state index contributed by atoms with van der Waals surface area (Å²) in [6, 6.07) is 1.63. The lowest BCUT2D eigenvalue weighted by Crippen LogP contribution is -2.31. The van der Waals surface area contributed by atoms with Crippen LogP contribution in [0.4, 0.5) is 5.69 Å². The molecule has 0 spiro atoms. The van der Waals surface area contributed by atoms with Crippen molar-refractivity contribution in [1.29, 1.82) is 0 Å². The lowest BCUT2D eigenvalue weighted by atomic mass is 10.3. The highest BCUT2D eigenvalue weighted by atomic mass is 16.3. The summed E-state index contributed by atoms with van der Waals surface area (Å²) in [4.78, 5) is 11.6. The van der Waals surface area contributed by atoms with Gasteiger partial charge in [0, 0.05) is 19.3 Å². The molecule has 1 amide bonds. The number of aromatic nitrogens is 1. The quantitative estimate of drug-likeness (QED) is 0.665. The Morgan fingerprint density at radius 2 is 2.40 bits per heavy atom. The van der Waals surface area contributed by atoms with Crippen molar-refractivity contribution in [2.45, 2.75) is 26.5 Å². The first-order valence-corrected chi connectivity index (χ1v) is 4.96. The molecule has 4 N–H and O–H groups in total. The van der Waals surface area contributed by atoms with Crippen molar-refractivity contribution in [3.05, 3.63) is 18.0 Å². The van der Waals surface area contributed by atoms with Gasteiger partial charge in [-0.05, 0) is 19.9 Å². The predicted octanol–water partition coefficient (Wildman–Crippen LogP) is 0.201. The van der Waals surface area contributed by atoms with E-state index < -0.39 is 6.10 Å². The first-order valence-electron chi connectivity index (χ1n) is 4.96. The third-order valence-electron chi connectivity index (χ3n) is 2.05. The van der Waals surface area contributed by atoms with Crippen LogP contribution in [0.15, 0.2) is 12.3 Å². The number of nitrogens with zero attached hydrogens (tertiary/aromatic N) is 1. The van der Waals surface area contributed by atoms with Gasteiger partial charge in [-0.2, -0.15) is 0 Å². The van der Waals surface area contributed by atoms with Crippen molar-refractivity contribution in [3.8, 4) is 0 Å². The first-order chi connectivity index (χ1) is 7.04. The molecule has 0 bridgehead atoms. The normalized spacial score (nSPS) is 12.5. The Morgan fingerprint density at radius 1 is 1.73 bits per heavy atom. The highest BCUT2D eigenvalue weighted by molar-refractivity contribution is 5.93. The van der Waals surface area contributed by atoms with Gasteiger partial charge in [-0.25, -0.2) is 0 Å². The fourth-order valence-corrected chi connectivity index (χ4v) is 1.32. The number of carbonyl (C=O) groups excluding carboxylic acids is 1. The number of hydrogen-bond donors (Lipinski definition) is 3. The SMILES string of the molecule is CCn1cc(N)cc1C(=O)NC[C@@H](C)O. The minimum atomic E-state index is -0.545. The Kier molecular flexibility index (Phi) is 3.74. The van der Waals surface area contributed by atoms with E-state index in [1.807, 2.05) is 6.92 Å². The molecule has 0 saturated carbocycles. The number of anilines is 1. The number of carbonyl (C=O) groups is 1. The van der Waals surface area contributed by atoms with E-state index in [0.717, 1.165) is 0 Å². The Hall–Kier alpha value is -1.49. The molecule has 1 heterocycles. The summed E-state index contributed by atoms with van der Waals surface area (Å²) in [6.45, 7) is 4.49. The number of hydrogen-bond acceptors (Lipinski definition) is 3. The van der Waals surface area contributed by atoms with E-state index in [1.54, 1.807) is 23.8 Å². The van der Waals surface area contributed by atoms with Gasteiger partial charge in [0.1, 0.15) is 5.69 Å². The molecule has 0 saturated heterocycles. The molecule has 0 radical (unpaired) electrons. The van der Waals surface area contributed by atoms with Gasteiger partial charge in [0.15, 0.2) is 0 Å². The molecule has 0 aliphatic carbocycles. The molecule has 0 fully saturated rings. The van der Waals surface area contributed by atoms with E-state index in [2.05, 4.69) is 5.32 Å². The van der Waals surface area contributed by atoms with Gasteiger partial charge < -0.3 is 20.7 Å². The van der Waals surface area contributed by atoms with E-state index in [-0.39, 0.29) is 12.5 Å². The lowest BCUT2D eigenvalue weighted by molar-refractivity contribution is 0.0915. The third kappa shape index (κ3) is 2.99. The minimum Gasteiger partial charge on any atom is -0.397 e. The maximum Gasteiger partial charge on any atom is 0.268 e. The van der Waals surface area contributed by atoms with Crippen LogP contribution in [-0.2, 0) is 6.54 Å². The van der Waals surface area contributed by atoms with Gasteiger partial charge in [0.2, 0.25) is 0 Å². The summed E-state index contributed by atoms with van der Waals surface area (Å²) in [5.41, 5.74) is 6.69. The summed E-state index contributed by atoms with van der Waals surface area (Å²) in [7, 11) is 0. The van der Waals surface area contributed by atoms with E-state index in [1.165, 1.54) is 0 Å². The van der Waals surface area contributed by atoms with Gasteiger partial charge in [-0.1, -0.05) is 0 Å². The fourth-order valence-electron chi connectivity index (χ4n) is 1.32. The number of nitrogen functional groups attached to an aromatic ring is 1. The van der Waals surface area contributed by atoms with Crippen molar-refractivity contribution in [2.24, 2.45) is 0 Å². The smallest absolute Gasteiger partial charge is 0.268 e. The number of aryl methyl sites for hydroxylation is 1. The van der Waals surface area contributed by atoms with Crippen LogP contribution in [0.5, 0.6) is 0 Å². The molecule has 0 aromatic carbocycles. The number of aliphatic hydroxyl groups excluding tert-OH is 1. The molecular formula is C10H17N3O2. The molecular weight excluding hydrogens is 194 g/mol. The Morgan fingerprint density at radius 3 is 2.93 bits per heavy atom. The lowest BCUT2D eigenvalue weighted by Gasteiger charge is -2.08. The van der Waals surface area contributed by atoms with E-state index >= 15 is 0 Å². The predicted molar refractivity (Wildman–Crippen MR) is 58.5 cm³/mol. The molecule has 84 valence electrons. The van der Waals surface area contributed by atoms with Crippen molar-refractivity contribution in [3.63, 3.8) is 0 Å². The van der Waals surface area contributed by atoms with E-state index in [9.17, 15) is 4.79 Å². The highest BCUT2D eigenvalue weighted by Gasteiger charge is 2.11. The Labute approximate surface area is 88.9 Å². The molecule has 1 aromatic heterocycles. The van der Waals surface area contributed by atoms with Crippen molar-refractivity contribution in [1.82, 2.24) is 9.88 Å². The number of amides is 1. The van der Waals surface area contributed by atoms with Crippen molar-refractivity contribution in [2.75, 3.05) is 12.3 Å². The summed E-state index contributed by atoms with van der Waals surface area (Å²) < 4.78 is 1.77. The fraction of sp³-hybridized carbons (Fsp3) is 0.500. The average Bonchev–Trinajstić information content (AvgIpc) is 2.56. The van der Waals surface area contributed by atoms with Crippen LogP contribution in [0, 0.1) is 0 Å². The van der Waals surface area contributed by atoms with Crippen LogP contribution < -0.4 is 11.1 Å². The maximum absolute atomic E-state index is 11.6. The molecule has 15 heavy (non-hydrogen) atoms. The molecule has 1 aromatic rings. The number of nitrogens with two attached hydrogens (primary N) is 1. The second-order valence-electron chi connectivity index (χ2n) is 3.50. The van der Waals surface area contributed by atoms with Gasteiger partial charge in [0.05, 0.1) is 11.8 Å². The standard InChI is InChI=1S/C10H17N3O2/c1-3-13-6-8(11)4-9(13)10(15)12-5-7(2)14/h4,6-7,14H,3,5,11H2,1-2H3,(H,12,15)/t7-/m1/s1. The molecule has 5 nitrogen and oxygen atoms in total. The minimum absolute atomic E-state index is 0.213. The van der Waals surface area contributed by atoms with Crippen LogP contribution >= 0.6 is 0 Å². The summed E-state index contributed by atoms with van der Waals surface area (Å²) in [5, 5.41) is 11.7. The summed E-state index contributed by atoms with van der Waals surface area (Å²) in [6.07, 6.45) is 1.17. The number of nitrogens with one attached hydrogen (secondary N) is 1. The van der Waals surface area contributed by atoms with Crippen LogP contribution in [0.3, 0.4) is 0 Å². The van der Waals surface area contributed by atoms with Gasteiger partial charge in [0.25, 0.3) is 5.91 Å². The van der Waals surface area contributed by atoms with Crippen LogP contribution in [0.2, 0.25) is 0 Å². The van der Waals surface area contributed by atoms with Crippen molar-refractivity contribution < 1.29 is 9.90 Å². The van der Waals surface area contributed by atoms with Gasteiger partial charge in [-0.3, -0.25) is 4.79 Å². The van der Waals surface area contributed by atoms with Crippen LogP contribution in [-0.4, -0.2) is 28.2 Å². The summed E-state index contributed by atoms with van der Waals surface area (Å²) >= 11 is 0. The maximum atomic E-state index is 11.6. The number of aliphatic hydroxyl groups is 1. The van der Waals surface area contributed by atoms with Crippen molar-refractivity contribution >= 4 is 11.6 Å². The van der Waals surface area contributed by atoms with E-state index in [0.29, 0.717) is 17.9 Å². The molecule has 0 unspecified atom stereocenters. The first kappa shape index (κ1) is 11.6. The summed E-state index contributed by atoms with van der Waals surface area (Å²) in [5.74, 6) is -0.213. The van der Waals surface area contributed by atoms with Crippen LogP contribution in [0.1, 0.15) is 24.3 Å². The number of rotatable bonds is 4. The Balaban J connectivity index is 2.72.